The fourth-order valence-corrected chi connectivity index (χ4v) is 1.93. The van der Waals surface area contributed by atoms with Crippen LogP contribution in [0.1, 0.15) is 0 Å². The number of pyridine rings is 1. The minimum absolute atomic E-state index is 0.326. The molecule has 90 valence electrons. The van der Waals surface area contributed by atoms with Crippen LogP contribution in [0.15, 0.2) is 39.9 Å². The quantitative estimate of drug-likeness (QED) is 0.604. The lowest BCUT2D eigenvalue weighted by Crippen LogP contribution is -2.07. The number of aromatic amines is 3. The van der Waals surface area contributed by atoms with Gasteiger partial charge in [-0.05, 0) is 17.7 Å². The third-order valence-corrected chi connectivity index (χ3v) is 2.73. The predicted octanol–water partition coefficient (Wildman–Crippen LogP) is 1.35. The zero-order valence-corrected chi connectivity index (χ0v) is 9.08. The summed E-state index contributed by atoms with van der Waals surface area (Å²) in [5, 5.41) is 5.33. The van der Waals surface area contributed by atoms with Gasteiger partial charge in [-0.3, -0.25) is 19.8 Å². The molecule has 2 aromatic heterocycles. The zero-order chi connectivity index (χ0) is 12.7. The minimum atomic E-state index is -0.372. The maximum atomic E-state index is 12.9. The van der Waals surface area contributed by atoms with E-state index in [1.54, 1.807) is 0 Å². The Labute approximate surface area is 99.3 Å². The fraction of sp³-hybridized carbons (Fsp3) is 0. The third-order valence-electron chi connectivity index (χ3n) is 2.73. The molecule has 0 unspecified atom stereocenters. The van der Waals surface area contributed by atoms with E-state index in [9.17, 15) is 14.0 Å². The Morgan fingerprint density at radius 1 is 1.00 bits per heavy atom. The van der Waals surface area contributed by atoms with Crippen LogP contribution in [0.4, 0.5) is 4.39 Å². The number of benzene rings is 1. The number of hydrogen-bond acceptors (Lipinski definition) is 2. The molecule has 0 aliphatic rings. The fourth-order valence-electron chi connectivity index (χ4n) is 1.93. The zero-order valence-electron chi connectivity index (χ0n) is 9.08. The van der Waals surface area contributed by atoms with Gasteiger partial charge in [0.25, 0.3) is 5.56 Å². The van der Waals surface area contributed by atoms with E-state index in [1.165, 1.54) is 30.3 Å². The van der Waals surface area contributed by atoms with Gasteiger partial charge in [0.2, 0.25) is 5.56 Å². The highest BCUT2D eigenvalue weighted by Gasteiger charge is 2.10. The van der Waals surface area contributed by atoms with Crippen molar-refractivity contribution in [1.82, 2.24) is 15.2 Å². The van der Waals surface area contributed by atoms with Gasteiger partial charge in [-0.1, -0.05) is 12.1 Å². The van der Waals surface area contributed by atoms with Gasteiger partial charge in [0.15, 0.2) is 0 Å². The van der Waals surface area contributed by atoms with Crippen LogP contribution in [0, 0.1) is 5.82 Å². The van der Waals surface area contributed by atoms with E-state index in [2.05, 4.69) is 15.2 Å². The summed E-state index contributed by atoms with van der Waals surface area (Å²) in [4.78, 5) is 25.7. The number of H-pyrrole nitrogens is 3. The third kappa shape index (κ3) is 1.55. The molecular formula is C12H8FN3O2. The maximum absolute atomic E-state index is 12.9. The highest BCUT2D eigenvalue weighted by atomic mass is 19.1. The van der Waals surface area contributed by atoms with Crippen LogP contribution >= 0.6 is 0 Å². The van der Waals surface area contributed by atoms with E-state index in [1.807, 2.05) is 0 Å². The van der Waals surface area contributed by atoms with Crippen molar-refractivity contribution in [3.05, 3.63) is 56.9 Å². The summed E-state index contributed by atoms with van der Waals surface area (Å²) >= 11 is 0. The molecule has 0 spiro atoms. The molecule has 2 heterocycles. The molecule has 0 fully saturated rings. The monoisotopic (exact) mass is 245 g/mol. The topological polar surface area (TPSA) is 81.5 Å². The van der Waals surface area contributed by atoms with E-state index in [0.29, 0.717) is 22.2 Å². The summed E-state index contributed by atoms with van der Waals surface area (Å²) in [6, 6.07) is 6.93. The first-order valence-corrected chi connectivity index (χ1v) is 5.25. The number of halogens is 1. The Morgan fingerprint density at radius 3 is 2.44 bits per heavy atom. The van der Waals surface area contributed by atoms with E-state index in [4.69, 9.17) is 0 Å². The number of fused-ring (bicyclic) bond motifs is 1. The normalized spacial score (nSPS) is 10.9. The number of hydrogen-bond donors (Lipinski definition) is 3. The van der Waals surface area contributed by atoms with Gasteiger partial charge in [-0.15, -0.1) is 0 Å². The number of rotatable bonds is 1. The van der Waals surface area contributed by atoms with Crippen molar-refractivity contribution >= 4 is 11.0 Å². The first-order chi connectivity index (χ1) is 8.65. The second-order valence-corrected chi connectivity index (χ2v) is 3.88. The van der Waals surface area contributed by atoms with Crippen molar-refractivity contribution < 1.29 is 4.39 Å². The number of aromatic nitrogens is 3. The molecule has 1 aromatic carbocycles. The van der Waals surface area contributed by atoms with Crippen molar-refractivity contribution in [3.8, 4) is 11.1 Å². The Morgan fingerprint density at radius 2 is 1.72 bits per heavy atom. The van der Waals surface area contributed by atoms with E-state index in [-0.39, 0.29) is 16.9 Å². The highest BCUT2D eigenvalue weighted by molar-refractivity contribution is 5.91. The van der Waals surface area contributed by atoms with Crippen LogP contribution < -0.4 is 11.1 Å². The Kier molecular flexibility index (Phi) is 2.16. The van der Waals surface area contributed by atoms with E-state index < -0.39 is 0 Å². The van der Waals surface area contributed by atoms with Gasteiger partial charge in [0, 0.05) is 11.6 Å². The van der Waals surface area contributed by atoms with E-state index in [0.717, 1.165) is 0 Å². The van der Waals surface area contributed by atoms with Crippen LogP contribution in [-0.2, 0) is 0 Å². The molecule has 0 saturated carbocycles. The first-order valence-electron chi connectivity index (χ1n) is 5.25. The molecule has 0 bridgehead atoms. The summed E-state index contributed by atoms with van der Waals surface area (Å²) in [6.45, 7) is 0. The van der Waals surface area contributed by atoms with Crippen LogP contribution in [0.5, 0.6) is 0 Å². The molecule has 3 N–H and O–H groups in total. The standard InChI is InChI=1S/C12H8FN3O2/c13-7-3-1-6(2-4-7)8-5-9(17)14-11-10(8)12(18)16-15-11/h1-5H,(H3,14,15,16,17,18). The number of nitrogens with one attached hydrogen (secondary N) is 3. The maximum Gasteiger partial charge on any atom is 0.274 e. The van der Waals surface area contributed by atoms with Crippen molar-refractivity contribution in [3.63, 3.8) is 0 Å². The van der Waals surface area contributed by atoms with Crippen molar-refractivity contribution in [2.75, 3.05) is 0 Å². The van der Waals surface area contributed by atoms with Crippen LogP contribution in [0.2, 0.25) is 0 Å². The molecule has 0 saturated heterocycles. The Balaban J connectivity index is 2.40. The molecule has 3 rings (SSSR count). The van der Waals surface area contributed by atoms with Crippen molar-refractivity contribution in [1.29, 1.82) is 0 Å². The predicted molar refractivity (Wildman–Crippen MR) is 64.9 cm³/mol. The molecule has 0 radical (unpaired) electrons. The molecule has 6 heteroatoms. The molecule has 0 amide bonds. The summed E-state index contributed by atoms with van der Waals surface area (Å²) in [5.41, 5.74) is 0.735. The molecule has 5 nitrogen and oxygen atoms in total. The highest BCUT2D eigenvalue weighted by Crippen LogP contribution is 2.22. The first kappa shape index (κ1) is 10.5. The Hall–Kier alpha value is -2.63. The second kappa shape index (κ2) is 3.69. The van der Waals surface area contributed by atoms with Crippen LogP contribution in [-0.4, -0.2) is 15.2 Å². The minimum Gasteiger partial charge on any atom is -0.307 e. The average molecular weight is 245 g/mol. The van der Waals surface area contributed by atoms with Gasteiger partial charge in [-0.25, -0.2) is 4.39 Å². The second-order valence-electron chi connectivity index (χ2n) is 3.88. The Bertz CT molecular complexity index is 827. The van der Waals surface area contributed by atoms with Gasteiger partial charge < -0.3 is 4.98 Å². The molecular weight excluding hydrogens is 237 g/mol. The smallest absolute Gasteiger partial charge is 0.274 e. The summed E-state index contributed by atoms with van der Waals surface area (Å²) < 4.78 is 12.9. The molecule has 0 atom stereocenters. The van der Waals surface area contributed by atoms with Gasteiger partial charge in [0.05, 0.1) is 5.39 Å². The lowest BCUT2D eigenvalue weighted by Gasteiger charge is -2.01. The van der Waals surface area contributed by atoms with Crippen LogP contribution in [0.25, 0.3) is 22.2 Å². The van der Waals surface area contributed by atoms with Crippen molar-refractivity contribution in [2.45, 2.75) is 0 Å². The molecule has 18 heavy (non-hydrogen) atoms. The summed E-state index contributed by atoms with van der Waals surface area (Å²) in [7, 11) is 0. The lowest BCUT2D eigenvalue weighted by atomic mass is 10.0. The molecule has 0 aliphatic heterocycles. The lowest BCUT2D eigenvalue weighted by molar-refractivity contribution is 0.628. The molecule has 3 aromatic rings. The summed E-state index contributed by atoms with van der Waals surface area (Å²) in [5.74, 6) is -0.372. The SMILES string of the molecule is O=c1cc(-c2ccc(F)cc2)c2c(=O)[nH][nH]c2[nH]1. The largest absolute Gasteiger partial charge is 0.307 e. The van der Waals surface area contributed by atoms with Gasteiger partial charge in [0.1, 0.15) is 11.5 Å². The van der Waals surface area contributed by atoms with E-state index >= 15 is 0 Å². The molecule has 0 aliphatic carbocycles. The van der Waals surface area contributed by atoms with Gasteiger partial charge in [-0.2, -0.15) is 0 Å². The van der Waals surface area contributed by atoms with Crippen LogP contribution in [0.3, 0.4) is 0 Å². The van der Waals surface area contributed by atoms with Gasteiger partial charge >= 0.3 is 0 Å². The average Bonchev–Trinajstić information content (AvgIpc) is 2.71. The summed E-state index contributed by atoms with van der Waals surface area (Å²) in [6.07, 6.45) is 0. The van der Waals surface area contributed by atoms with Crippen molar-refractivity contribution in [2.24, 2.45) is 0 Å².